The molecule has 1 N–H and O–H groups in total. The highest BCUT2D eigenvalue weighted by Crippen LogP contribution is 2.30. The summed E-state index contributed by atoms with van der Waals surface area (Å²) in [5.74, 6) is 2.43. The Hall–Kier alpha value is -2.50. The van der Waals surface area contributed by atoms with Crippen LogP contribution in [0.25, 0.3) is 0 Å². The number of aromatic nitrogens is 2. The number of imidazole rings is 1. The number of ether oxygens (including phenoxy) is 2. The molecule has 1 aliphatic rings. The Balaban J connectivity index is 1.64. The van der Waals surface area contributed by atoms with Gasteiger partial charge in [0.2, 0.25) is 5.91 Å². The van der Waals surface area contributed by atoms with Gasteiger partial charge in [-0.1, -0.05) is 12.1 Å². The Labute approximate surface area is 135 Å². The first-order valence-electron chi connectivity index (χ1n) is 7.70. The van der Waals surface area contributed by atoms with Crippen LogP contribution in [0.1, 0.15) is 17.8 Å². The van der Waals surface area contributed by atoms with Crippen molar-refractivity contribution < 1.29 is 14.3 Å². The second kappa shape index (κ2) is 6.73. The van der Waals surface area contributed by atoms with Gasteiger partial charge in [-0.25, -0.2) is 4.98 Å². The third kappa shape index (κ3) is 3.16. The predicted octanol–water partition coefficient (Wildman–Crippen LogP) is 1.78. The van der Waals surface area contributed by atoms with Crippen molar-refractivity contribution in [2.45, 2.75) is 25.9 Å². The van der Waals surface area contributed by atoms with Crippen LogP contribution in [0.15, 0.2) is 30.6 Å². The number of nitrogens with one attached hydrogen (secondary N) is 1. The summed E-state index contributed by atoms with van der Waals surface area (Å²) in [6.07, 6.45) is 5.39. The quantitative estimate of drug-likeness (QED) is 0.913. The largest absolute Gasteiger partial charge is 0.493 e. The molecular formula is C17H21N3O3. The fourth-order valence-electron chi connectivity index (χ4n) is 3.00. The average molecular weight is 315 g/mol. The molecule has 23 heavy (non-hydrogen) atoms. The van der Waals surface area contributed by atoms with E-state index in [1.54, 1.807) is 20.4 Å². The molecule has 0 aliphatic carbocycles. The highest BCUT2D eigenvalue weighted by Gasteiger charge is 2.25. The molecule has 6 nitrogen and oxygen atoms in total. The lowest BCUT2D eigenvalue weighted by molar-refractivity contribution is -0.126. The van der Waals surface area contributed by atoms with Gasteiger partial charge in [-0.15, -0.1) is 0 Å². The molecule has 0 bridgehead atoms. The monoisotopic (exact) mass is 315 g/mol. The molecule has 1 aliphatic heterocycles. The van der Waals surface area contributed by atoms with Crippen LogP contribution in [0.5, 0.6) is 11.5 Å². The van der Waals surface area contributed by atoms with Crippen LogP contribution >= 0.6 is 0 Å². The second-order valence-corrected chi connectivity index (χ2v) is 5.60. The van der Waals surface area contributed by atoms with E-state index in [9.17, 15) is 4.79 Å². The molecule has 1 aromatic carbocycles. The van der Waals surface area contributed by atoms with Crippen molar-refractivity contribution in [3.63, 3.8) is 0 Å². The van der Waals surface area contributed by atoms with Gasteiger partial charge in [0.1, 0.15) is 5.82 Å². The zero-order valence-corrected chi connectivity index (χ0v) is 13.4. The number of carbonyl (C=O) groups excluding carboxylic acids is 1. The molecule has 1 atom stereocenters. The number of amides is 1. The Morgan fingerprint density at radius 1 is 1.39 bits per heavy atom. The van der Waals surface area contributed by atoms with Crippen molar-refractivity contribution in [2.24, 2.45) is 5.92 Å². The van der Waals surface area contributed by atoms with E-state index in [0.717, 1.165) is 24.2 Å². The Bertz CT molecular complexity index is 696. The maximum Gasteiger partial charge on any atom is 0.225 e. The molecule has 0 saturated heterocycles. The molecule has 2 aromatic rings. The molecule has 122 valence electrons. The van der Waals surface area contributed by atoms with Crippen LogP contribution in [0.3, 0.4) is 0 Å². The third-order valence-corrected chi connectivity index (χ3v) is 4.24. The Morgan fingerprint density at radius 3 is 3.04 bits per heavy atom. The molecule has 0 radical (unpaired) electrons. The van der Waals surface area contributed by atoms with Gasteiger partial charge in [-0.2, -0.15) is 0 Å². The van der Waals surface area contributed by atoms with Crippen LogP contribution in [0, 0.1) is 5.92 Å². The summed E-state index contributed by atoms with van der Waals surface area (Å²) in [6, 6.07) is 5.66. The van der Waals surface area contributed by atoms with E-state index in [-0.39, 0.29) is 11.8 Å². The van der Waals surface area contributed by atoms with Crippen molar-refractivity contribution >= 4 is 5.91 Å². The first kappa shape index (κ1) is 15.4. The number of rotatable bonds is 5. The average Bonchev–Trinajstić information content (AvgIpc) is 3.06. The fraction of sp³-hybridized carbons (Fsp3) is 0.412. The van der Waals surface area contributed by atoms with Crippen LogP contribution in [-0.4, -0.2) is 29.7 Å². The van der Waals surface area contributed by atoms with Gasteiger partial charge in [0.05, 0.1) is 20.1 Å². The molecule has 1 amide bonds. The number of fused-ring (bicyclic) bond motifs is 1. The Kier molecular flexibility index (Phi) is 4.50. The Morgan fingerprint density at radius 2 is 2.26 bits per heavy atom. The van der Waals surface area contributed by atoms with Crippen molar-refractivity contribution in [2.75, 3.05) is 14.2 Å². The number of benzene rings is 1. The lowest BCUT2D eigenvalue weighted by Gasteiger charge is -2.23. The summed E-state index contributed by atoms with van der Waals surface area (Å²) in [6.45, 7) is 1.11. The highest BCUT2D eigenvalue weighted by molar-refractivity contribution is 5.78. The van der Waals surface area contributed by atoms with E-state index in [0.29, 0.717) is 24.6 Å². The molecule has 0 saturated carbocycles. The number of methoxy groups -OCH3 is 2. The minimum absolute atomic E-state index is 0.0201. The summed E-state index contributed by atoms with van der Waals surface area (Å²) in [4.78, 5) is 16.7. The zero-order chi connectivity index (χ0) is 16.2. The number of carbonyl (C=O) groups is 1. The van der Waals surface area contributed by atoms with E-state index in [1.807, 2.05) is 24.4 Å². The van der Waals surface area contributed by atoms with E-state index in [1.165, 1.54) is 0 Å². The predicted molar refractivity (Wildman–Crippen MR) is 85.4 cm³/mol. The molecule has 3 rings (SSSR count). The van der Waals surface area contributed by atoms with Gasteiger partial charge in [-0.3, -0.25) is 4.79 Å². The van der Waals surface area contributed by atoms with Gasteiger partial charge in [-0.05, 0) is 12.5 Å². The highest BCUT2D eigenvalue weighted by atomic mass is 16.5. The van der Waals surface area contributed by atoms with Crippen LogP contribution in [-0.2, 0) is 24.3 Å². The number of aryl methyl sites for hydroxylation is 1. The van der Waals surface area contributed by atoms with Gasteiger partial charge in [0, 0.05) is 37.5 Å². The van der Waals surface area contributed by atoms with Gasteiger partial charge in [0.25, 0.3) is 0 Å². The maximum atomic E-state index is 12.4. The number of hydrogen-bond acceptors (Lipinski definition) is 4. The van der Waals surface area contributed by atoms with Crippen molar-refractivity contribution in [3.05, 3.63) is 42.0 Å². The van der Waals surface area contributed by atoms with E-state index in [2.05, 4.69) is 14.9 Å². The summed E-state index contributed by atoms with van der Waals surface area (Å²) in [5, 5.41) is 3.01. The normalized spacial score (nSPS) is 16.5. The molecular weight excluding hydrogens is 294 g/mol. The van der Waals surface area contributed by atoms with Crippen LogP contribution < -0.4 is 14.8 Å². The molecule has 1 aromatic heterocycles. The maximum absolute atomic E-state index is 12.4. The third-order valence-electron chi connectivity index (χ3n) is 4.24. The minimum atomic E-state index is -0.0201. The van der Waals surface area contributed by atoms with Crippen molar-refractivity contribution in [3.8, 4) is 11.5 Å². The number of hydrogen-bond donors (Lipinski definition) is 1. The smallest absolute Gasteiger partial charge is 0.225 e. The minimum Gasteiger partial charge on any atom is -0.493 e. The first-order chi connectivity index (χ1) is 11.2. The van der Waals surface area contributed by atoms with Crippen molar-refractivity contribution in [1.29, 1.82) is 0 Å². The lowest BCUT2D eigenvalue weighted by Crippen LogP contribution is -2.35. The standard InChI is InChI=1S/C17H21N3O3/c1-22-14-5-3-4-12(16(14)23-2)10-19-17(21)13-6-7-15-18-8-9-20(15)11-13/h3-5,8-9,13H,6-7,10-11H2,1-2H3,(H,19,21)/t13-/m0/s1. The molecule has 0 spiro atoms. The fourth-order valence-corrected chi connectivity index (χ4v) is 3.00. The summed E-state index contributed by atoms with van der Waals surface area (Å²) < 4.78 is 12.7. The van der Waals surface area contributed by atoms with Crippen molar-refractivity contribution in [1.82, 2.24) is 14.9 Å². The molecule has 0 fully saturated rings. The lowest BCUT2D eigenvalue weighted by atomic mass is 9.98. The first-order valence-corrected chi connectivity index (χ1v) is 7.70. The zero-order valence-electron chi connectivity index (χ0n) is 13.4. The van der Waals surface area contributed by atoms with Gasteiger partial charge in [0.15, 0.2) is 11.5 Å². The molecule has 2 heterocycles. The second-order valence-electron chi connectivity index (χ2n) is 5.60. The van der Waals surface area contributed by atoms with Gasteiger partial charge >= 0.3 is 0 Å². The van der Waals surface area contributed by atoms with Crippen LogP contribution in [0.2, 0.25) is 0 Å². The van der Waals surface area contributed by atoms with Gasteiger partial charge < -0.3 is 19.4 Å². The molecule has 6 heteroatoms. The van der Waals surface area contributed by atoms with Crippen LogP contribution in [0.4, 0.5) is 0 Å². The molecule has 0 unspecified atom stereocenters. The summed E-state index contributed by atoms with van der Waals surface area (Å²) in [5.41, 5.74) is 0.902. The van der Waals surface area contributed by atoms with E-state index in [4.69, 9.17) is 9.47 Å². The topological polar surface area (TPSA) is 65.4 Å². The summed E-state index contributed by atoms with van der Waals surface area (Å²) >= 11 is 0. The number of para-hydroxylation sites is 1. The summed E-state index contributed by atoms with van der Waals surface area (Å²) in [7, 11) is 3.20. The van der Waals surface area contributed by atoms with E-state index < -0.39 is 0 Å². The van der Waals surface area contributed by atoms with E-state index >= 15 is 0 Å². The number of nitrogens with zero attached hydrogens (tertiary/aromatic N) is 2. The SMILES string of the molecule is COc1cccc(CNC(=O)[C@H]2CCc3nccn3C2)c1OC.